The summed E-state index contributed by atoms with van der Waals surface area (Å²) >= 11 is 0. The highest BCUT2D eigenvalue weighted by Gasteiger charge is 2.37. The van der Waals surface area contributed by atoms with Crippen LogP contribution in [0.5, 0.6) is 0 Å². The van der Waals surface area contributed by atoms with Crippen LogP contribution in [0.3, 0.4) is 0 Å². The summed E-state index contributed by atoms with van der Waals surface area (Å²) in [7, 11) is 0. The maximum atomic E-state index is 2.49. The van der Waals surface area contributed by atoms with Crippen LogP contribution in [0.1, 0.15) is 25.0 Å². The fraction of sp³-hybridized carbons (Fsp3) is 0.0476. The summed E-state index contributed by atoms with van der Waals surface area (Å²) in [5, 5.41) is 15.1. The van der Waals surface area contributed by atoms with Crippen molar-refractivity contribution in [3.8, 4) is 33.4 Å². The number of hydrogen-bond acceptors (Lipinski definition) is 1. The molecule has 12 aromatic rings. The average Bonchev–Trinajstić information content (AvgIpc) is 3.58. The van der Waals surface area contributed by atoms with Crippen molar-refractivity contribution < 1.29 is 0 Å². The summed E-state index contributed by atoms with van der Waals surface area (Å²) in [6, 6.07) is 83.6. The average molecular weight is 814 g/mol. The summed E-state index contributed by atoms with van der Waals surface area (Å²) in [6.45, 7) is 4.82. The van der Waals surface area contributed by atoms with Crippen LogP contribution in [-0.2, 0) is 5.41 Å². The molecule has 0 bridgehead atoms. The maximum Gasteiger partial charge on any atom is 0.0540 e. The summed E-state index contributed by atoms with van der Waals surface area (Å²) in [4.78, 5) is 2.48. The molecule has 0 aromatic heterocycles. The normalized spacial score (nSPS) is 13.0. The van der Waals surface area contributed by atoms with Crippen molar-refractivity contribution in [2.45, 2.75) is 19.3 Å². The lowest BCUT2D eigenvalue weighted by Gasteiger charge is -2.30. The van der Waals surface area contributed by atoms with E-state index in [0.717, 1.165) is 5.69 Å². The van der Waals surface area contributed by atoms with Crippen LogP contribution in [0.15, 0.2) is 224 Å². The van der Waals surface area contributed by atoms with Crippen molar-refractivity contribution in [1.29, 1.82) is 0 Å². The molecule has 0 unspecified atom stereocenters. The molecule has 0 fully saturated rings. The van der Waals surface area contributed by atoms with Crippen molar-refractivity contribution >= 4 is 81.7 Å². The third-order valence-electron chi connectivity index (χ3n) is 14.2. The minimum Gasteiger partial charge on any atom is -0.309 e. The summed E-state index contributed by atoms with van der Waals surface area (Å²) in [6.07, 6.45) is 0. The van der Waals surface area contributed by atoms with E-state index in [2.05, 4.69) is 243 Å². The SMILES string of the molecule is CC1(C)c2cc(-c3cc4c5ccccc5c(-c5ccc6ccccc6c5)cc4c4ccccc34)ccc2-c2ccc(N(c3cccc4ccccc34)c3cccc4ccccc34)cc21. The number of hydrogen-bond donors (Lipinski definition) is 0. The number of fused-ring (bicyclic) bond motifs is 11. The first-order valence-corrected chi connectivity index (χ1v) is 22.4. The Morgan fingerprint density at radius 2 is 0.719 bits per heavy atom. The first kappa shape index (κ1) is 36.6. The molecule has 0 N–H and O–H groups in total. The topological polar surface area (TPSA) is 3.24 Å². The van der Waals surface area contributed by atoms with Crippen molar-refractivity contribution in [2.75, 3.05) is 4.90 Å². The molecule has 0 aliphatic heterocycles. The molecule has 0 radical (unpaired) electrons. The number of rotatable bonds is 5. The Labute approximate surface area is 373 Å². The molecule has 0 saturated heterocycles. The molecule has 0 atom stereocenters. The van der Waals surface area contributed by atoms with Crippen molar-refractivity contribution in [1.82, 2.24) is 0 Å². The van der Waals surface area contributed by atoms with Gasteiger partial charge in [0.05, 0.1) is 11.4 Å². The van der Waals surface area contributed by atoms with E-state index < -0.39 is 0 Å². The Balaban J connectivity index is 0.970. The second-order valence-electron chi connectivity index (χ2n) is 18.0. The molecule has 13 rings (SSSR count). The standard InChI is InChI=1S/C63H43N/c1-63(2)59-36-45(56-39-58-51-25-11-9-23-49(51)55(38-57(58)52-26-12-10-24-50(52)56)44-30-29-40-15-3-4-18-43(40)35-44)31-33-53(59)54-34-32-46(37-60(54)63)64(61-27-13-19-41-16-5-7-21-47(41)61)62-28-14-20-42-17-6-8-22-48(42)62/h3-39H,1-2H3. The van der Waals surface area contributed by atoms with Crippen LogP contribution in [0, 0.1) is 0 Å². The first-order valence-electron chi connectivity index (χ1n) is 22.4. The second kappa shape index (κ2) is 14.0. The highest BCUT2D eigenvalue weighted by Crippen LogP contribution is 2.53. The van der Waals surface area contributed by atoms with Crippen LogP contribution < -0.4 is 4.90 Å². The first-order chi connectivity index (χ1) is 31.5. The smallest absolute Gasteiger partial charge is 0.0540 e. The number of benzene rings is 12. The molecule has 12 aromatic carbocycles. The van der Waals surface area contributed by atoms with Gasteiger partial charge in [-0.1, -0.05) is 190 Å². The van der Waals surface area contributed by atoms with Crippen LogP contribution in [-0.4, -0.2) is 0 Å². The zero-order valence-electron chi connectivity index (χ0n) is 35.8. The molecule has 300 valence electrons. The fourth-order valence-corrected chi connectivity index (χ4v) is 11.0. The van der Waals surface area contributed by atoms with E-state index in [1.54, 1.807) is 0 Å². The van der Waals surface area contributed by atoms with Gasteiger partial charge in [0.25, 0.3) is 0 Å². The van der Waals surface area contributed by atoms with Crippen LogP contribution in [0.2, 0.25) is 0 Å². The van der Waals surface area contributed by atoms with Crippen LogP contribution in [0.25, 0.3) is 98.0 Å². The highest BCUT2D eigenvalue weighted by molar-refractivity contribution is 6.24. The van der Waals surface area contributed by atoms with Gasteiger partial charge in [-0.2, -0.15) is 0 Å². The molecule has 1 aliphatic rings. The lowest BCUT2D eigenvalue weighted by atomic mass is 9.81. The highest BCUT2D eigenvalue weighted by atomic mass is 15.1. The van der Waals surface area contributed by atoms with Gasteiger partial charge >= 0.3 is 0 Å². The third kappa shape index (κ3) is 5.50. The zero-order valence-corrected chi connectivity index (χ0v) is 35.8. The third-order valence-corrected chi connectivity index (χ3v) is 14.2. The van der Waals surface area contributed by atoms with Gasteiger partial charge in [-0.25, -0.2) is 0 Å². The van der Waals surface area contributed by atoms with Gasteiger partial charge in [-0.05, 0) is 147 Å². The number of anilines is 3. The Kier molecular flexibility index (Phi) is 8.02. The molecule has 1 aliphatic carbocycles. The van der Waals surface area contributed by atoms with E-state index in [1.165, 1.54) is 121 Å². The Hall–Kier alpha value is -8.00. The molecule has 0 amide bonds. The van der Waals surface area contributed by atoms with Gasteiger partial charge in [-0.3, -0.25) is 0 Å². The molecule has 0 heterocycles. The maximum absolute atomic E-state index is 2.49. The van der Waals surface area contributed by atoms with E-state index in [9.17, 15) is 0 Å². The van der Waals surface area contributed by atoms with Crippen molar-refractivity contribution in [3.05, 3.63) is 236 Å². The van der Waals surface area contributed by atoms with Gasteiger partial charge in [0.2, 0.25) is 0 Å². The van der Waals surface area contributed by atoms with Gasteiger partial charge < -0.3 is 4.90 Å². The van der Waals surface area contributed by atoms with Gasteiger partial charge in [0.1, 0.15) is 0 Å². The van der Waals surface area contributed by atoms with E-state index in [0.29, 0.717) is 0 Å². The molecule has 0 spiro atoms. The van der Waals surface area contributed by atoms with Crippen molar-refractivity contribution in [2.24, 2.45) is 0 Å². The minimum absolute atomic E-state index is 0.242. The molecule has 1 nitrogen and oxygen atoms in total. The monoisotopic (exact) mass is 813 g/mol. The quantitative estimate of drug-likeness (QED) is 0.157. The molecular weight excluding hydrogens is 771 g/mol. The number of nitrogens with zero attached hydrogens (tertiary/aromatic N) is 1. The lowest BCUT2D eigenvalue weighted by molar-refractivity contribution is 0.660. The summed E-state index contributed by atoms with van der Waals surface area (Å²) in [5.74, 6) is 0. The minimum atomic E-state index is -0.242. The zero-order chi connectivity index (χ0) is 42.5. The van der Waals surface area contributed by atoms with Crippen molar-refractivity contribution in [3.63, 3.8) is 0 Å². The lowest BCUT2D eigenvalue weighted by Crippen LogP contribution is -2.17. The predicted molar refractivity (Wildman–Crippen MR) is 275 cm³/mol. The Bertz CT molecular complexity index is 3800. The van der Waals surface area contributed by atoms with E-state index in [-0.39, 0.29) is 5.41 Å². The largest absolute Gasteiger partial charge is 0.309 e. The Morgan fingerprint density at radius 3 is 1.31 bits per heavy atom. The second-order valence-corrected chi connectivity index (χ2v) is 18.0. The van der Waals surface area contributed by atoms with Crippen LogP contribution >= 0.6 is 0 Å². The molecule has 1 heteroatoms. The van der Waals surface area contributed by atoms with E-state index in [1.807, 2.05) is 0 Å². The molecule has 64 heavy (non-hydrogen) atoms. The molecular formula is C63H43N. The van der Waals surface area contributed by atoms with Gasteiger partial charge in [0.15, 0.2) is 0 Å². The summed E-state index contributed by atoms with van der Waals surface area (Å²) < 4.78 is 0. The van der Waals surface area contributed by atoms with Gasteiger partial charge in [0, 0.05) is 21.9 Å². The fourth-order valence-electron chi connectivity index (χ4n) is 11.0. The predicted octanol–water partition coefficient (Wildman–Crippen LogP) is 17.7. The Morgan fingerprint density at radius 1 is 0.281 bits per heavy atom. The van der Waals surface area contributed by atoms with E-state index in [4.69, 9.17) is 0 Å². The molecule has 0 saturated carbocycles. The van der Waals surface area contributed by atoms with E-state index >= 15 is 0 Å². The van der Waals surface area contributed by atoms with Crippen LogP contribution in [0.4, 0.5) is 17.1 Å². The van der Waals surface area contributed by atoms with Gasteiger partial charge in [-0.15, -0.1) is 0 Å². The summed E-state index contributed by atoms with van der Waals surface area (Å²) in [5.41, 5.74) is 13.6.